The molecule has 0 spiro atoms. The molecular weight excluding hydrogens is 347 g/mol. The Labute approximate surface area is 88.5 Å². The predicted octanol–water partition coefficient (Wildman–Crippen LogP) is 3.70. The van der Waals surface area contributed by atoms with Crippen molar-refractivity contribution >= 4 is 54.9 Å². The van der Waals surface area contributed by atoms with Crippen LogP contribution in [-0.4, -0.2) is 17.3 Å². The summed E-state index contributed by atoms with van der Waals surface area (Å²) < 4.78 is 5.26. The maximum absolute atomic E-state index is 5.26. The molecule has 1 atom stereocenters. The third kappa shape index (κ3) is 4.66. The van der Waals surface area contributed by atoms with Gasteiger partial charge in [0.15, 0.2) is 0 Å². The first-order valence-corrected chi connectivity index (χ1v) is 8.19. The molecule has 1 nitrogen and oxygen atoms in total. The summed E-state index contributed by atoms with van der Waals surface area (Å²) in [6.45, 7) is 2.96. The standard InChI is InChI=1S/C5H10Br3OP/c1-5(2-6,3-7)4-9-10-8/h10H,2-4H2,1H3. The number of hydrogen-bond acceptors (Lipinski definition) is 1. The molecule has 0 fully saturated rings. The fourth-order valence-electron chi connectivity index (χ4n) is 0.314. The van der Waals surface area contributed by atoms with Crippen LogP contribution in [0, 0.1) is 5.41 Å². The molecule has 0 aliphatic carbocycles. The summed E-state index contributed by atoms with van der Waals surface area (Å²) in [5, 5.41) is 1.92. The van der Waals surface area contributed by atoms with Gasteiger partial charge in [0.1, 0.15) is 0 Å². The lowest BCUT2D eigenvalue weighted by Gasteiger charge is -2.23. The lowest BCUT2D eigenvalue weighted by molar-refractivity contribution is 0.237. The van der Waals surface area contributed by atoms with E-state index in [1.165, 1.54) is 0 Å². The van der Waals surface area contributed by atoms with E-state index in [1.807, 2.05) is 0 Å². The van der Waals surface area contributed by atoms with E-state index < -0.39 is 0 Å². The number of halogens is 3. The molecule has 10 heavy (non-hydrogen) atoms. The minimum Gasteiger partial charge on any atom is -0.350 e. The molecule has 0 saturated heterocycles. The largest absolute Gasteiger partial charge is 0.350 e. The lowest BCUT2D eigenvalue weighted by atomic mass is 9.99. The second-order valence-corrected chi connectivity index (χ2v) is 4.98. The summed E-state index contributed by atoms with van der Waals surface area (Å²) in [6, 6.07) is 0. The number of alkyl halides is 2. The molecular formula is C5H10Br3OP. The van der Waals surface area contributed by atoms with Gasteiger partial charge in [-0.3, -0.25) is 0 Å². The SMILES string of the molecule is CC(CBr)(CBr)COPBr. The van der Waals surface area contributed by atoms with Crippen LogP contribution in [0.4, 0.5) is 0 Å². The molecule has 0 aliphatic rings. The molecule has 5 heteroatoms. The van der Waals surface area contributed by atoms with Crippen LogP contribution >= 0.6 is 54.9 Å². The monoisotopic (exact) mass is 354 g/mol. The Morgan fingerprint density at radius 3 is 2.20 bits per heavy atom. The van der Waals surface area contributed by atoms with Gasteiger partial charge in [-0.2, -0.15) is 0 Å². The van der Waals surface area contributed by atoms with Crippen molar-refractivity contribution in [1.82, 2.24) is 0 Å². The molecule has 0 heterocycles. The van der Waals surface area contributed by atoms with Crippen molar-refractivity contribution < 1.29 is 4.52 Å². The Hall–Kier alpha value is 1.83. The molecule has 1 unspecified atom stereocenters. The van der Waals surface area contributed by atoms with E-state index in [0.717, 1.165) is 17.3 Å². The van der Waals surface area contributed by atoms with Gasteiger partial charge in [-0.1, -0.05) is 38.8 Å². The first-order chi connectivity index (χ1) is 4.68. The van der Waals surface area contributed by atoms with Crippen LogP contribution < -0.4 is 0 Å². The van der Waals surface area contributed by atoms with Gasteiger partial charge in [0.2, 0.25) is 0 Å². The van der Waals surface area contributed by atoms with Gasteiger partial charge in [0.05, 0.1) is 14.1 Å². The summed E-state index contributed by atoms with van der Waals surface area (Å²) in [7, 11) is 0.408. The average Bonchev–Trinajstić information content (AvgIpc) is 2.00. The molecule has 0 N–H and O–H groups in total. The summed E-state index contributed by atoms with van der Waals surface area (Å²) in [5.74, 6) is 0. The summed E-state index contributed by atoms with van der Waals surface area (Å²) in [6.07, 6.45) is 0. The first kappa shape index (κ1) is 11.8. The summed E-state index contributed by atoms with van der Waals surface area (Å²) >= 11 is 10.1. The van der Waals surface area contributed by atoms with Crippen LogP contribution in [0.3, 0.4) is 0 Å². The van der Waals surface area contributed by atoms with Gasteiger partial charge in [0.25, 0.3) is 0 Å². The highest BCUT2D eigenvalue weighted by Crippen LogP contribution is 2.29. The van der Waals surface area contributed by atoms with E-state index in [9.17, 15) is 0 Å². The Balaban J connectivity index is 3.58. The minimum atomic E-state index is 0.223. The first-order valence-electron chi connectivity index (χ1n) is 2.78. The molecule has 62 valence electrons. The molecule has 0 aromatic carbocycles. The summed E-state index contributed by atoms with van der Waals surface area (Å²) in [5.41, 5.74) is 0.223. The Morgan fingerprint density at radius 2 is 1.90 bits per heavy atom. The van der Waals surface area contributed by atoms with E-state index in [2.05, 4.69) is 54.3 Å². The zero-order valence-electron chi connectivity index (χ0n) is 5.66. The number of rotatable bonds is 5. The van der Waals surface area contributed by atoms with Crippen molar-refractivity contribution in [2.75, 3.05) is 17.3 Å². The van der Waals surface area contributed by atoms with E-state index in [0.29, 0.717) is 7.51 Å². The van der Waals surface area contributed by atoms with Crippen LogP contribution in [0.5, 0.6) is 0 Å². The highest BCUT2D eigenvalue weighted by molar-refractivity contribution is 9.36. The normalized spacial score (nSPS) is 13.2. The Kier molecular flexibility index (Phi) is 7.52. The second kappa shape index (κ2) is 6.36. The van der Waals surface area contributed by atoms with Crippen molar-refractivity contribution in [1.29, 1.82) is 0 Å². The van der Waals surface area contributed by atoms with Crippen LogP contribution in [0.25, 0.3) is 0 Å². The zero-order chi connectivity index (χ0) is 8.04. The topological polar surface area (TPSA) is 9.23 Å². The van der Waals surface area contributed by atoms with Crippen LogP contribution in [0.1, 0.15) is 6.92 Å². The average molecular weight is 357 g/mol. The Bertz CT molecular complexity index is 87.0. The summed E-state index contributed by atoms with van der Waals surface area (Å²) in [4.78, 5) is 0. The number of hydrogen-bond donors (Lipinski definition) is 0. The van der Waals surface area contributed by atoms with Crippen LogP contribution in [0.2, 0.25) is 0 Å². The highest BCUT2D eigenvalue weighted by atomic mass is 79.9. The zero-order valence-corrected chi connectivity index (χ0v) is 11.4. The van der Waals surface area contributed by atoms with Gasteiger partial charge in [-0.25, -0.2) is 0 Å². The third-order valence-electron chi connectivity index (χ3n) is 1.12. The molecule has 0 aromatic heterocycles. The van der Waals surface area contributed by atoms with Crippen LogP contribution in [-0.2, 0) is 4.52 Å². The molecule has 0 aromatic rings. The fraction of sp³-hybridized carbons (Fsp3) is 1.00. The van der Waals surface area contributed by atoms with Gasteiger partial charge >= 0.3 is 0 Å². The van der Waals surface area contributed by atoms with Crippen molar-refractivity contribution in [2.45, 2.75) is 6.92 Å². The molecule has 0 radical (unpaired) electrons. The molecule has 0 rings (SSSR count). The molecule has 0 saturated carbocycles. The van der Waals surface area contributed by atoms with E-state index in [4.69, 9.17) is 4.52 Å². The van der Waals surface area contributed by atoms with E-state index in [1.54, 1.807) is 0 Å². The van der Waals surface area contributed by atoms with Gasteiger partial charge in [-0.15, -0.1) is 0 Å². The van der Waals surface area contributed by atoms with Crippen molar-refractivity contribution in [3.8, 4) is 0 Å². The highest BCUT2D eigenvalue weighted by Gasteiger charge is 2.21. The second-order valence-electron chi connectivity index (χ2n) is 2.44. The van der Waals surface area contributed by atoms with Crippen molar-refractivity contribution in [2.24, 2.45) is 5.41 Å². The van der Waals surface area contributed by atoms with Gasteiger partial charge in [0, 0.05) is 16.1 Å². The minimum absolute atomic E-state index is 0.223. The quantitative estimate of drug-likeness (QED) is 0.539. The van der Waals surface area contributed by atoms with Crippen molar-refractivity contribution in [3.05, 3.63) is 0 Å². The van der Waals surface area contributed by atoms with E-state index >= 15 is 0 Å². The maximum atomic E-state index is 5.26. The van der Waals surface area contributed by atoms with E-state index in [-0.39, 0.29) is 5.41 Å². The van der Waals surface area contributed by atoms with Crippen molar-refractivity contribution in [3.63, 3.8) is 0 Å². The molecule has 0 bridgehead atoms. The predicted molar refractivity (Wildman–Crippen MR) is 58.9 cm³/mol. The maximum Gasteiger partial charge on any atom is 0.0844 e. The molecule has 0 amide bonds. The molecule has 0 aliphatic heterocycles. The van der Waals surface area contributed by atoms with Gasteiger partial charge < -0.3 is 4.52 Å². The fourth-order valence-corrected chi connectivity index (χ4v) is 2.31. The Morgan fingerprint density at radius 1 is 1.40 bits per heavy atom. The van der Waals surface area contributed by atoms with Crippen LogP contribution in [0.15, 0.2) is 0 Å². The lowest BCUT2D eigenvalue weighted by Crippen LogP contribution is -2.25. The smallest absolute Gasteiger partial charge is 0.0844 e. The van der Waals surface area contributed by atoms with Gasteiger partial charge in [-0.05, 0) is 15.5 Å². The third-order valence-corrected chi connectivity index (χ3v) is 4.77.